The van der Waals surface area contributed by atoms with E-state index in [1.54, 1.807) is 6.07 Å². The molecular weight excluding hydrogens is 293 g/mol. The first kappa shape index (κ1) is 13.8. The maximum Gasteiger partial charge on any atom is 0.124 e. The molecule has 2 unspecified atom stereocenters. The van der Waals surface area contributed by atoms with Gasteiger partial charge in [0.1, 0.15) is 5.82 Å². The molecule has 0 aromatic heterocycles. The van der Waals surface area contributed by atoms with Gasteiger partial charge in [0.15, 0.2) is 0 Å². The number of hydrogen-bond donors (Lipinski definition) is 1. The fourth-order valence-corrected chi connectivity index (χ4v) is 3.10. The second kappa shape index (κ2) is 6.47. The van der Waals surface area contributed by atoms with Crippen molar-refractivity contribution in [3.8, 4) is 0 Å². The van der Waals surface area contributed by atoms with Crippen molar-refractivity contribution in [1.29, 1.82) is 0 Å². The lowest BCUT2D eigenvalue weighted by atomic mass is 10.2. The van der Waals surface area contributed by atoms with Crippen LogP contribution in [0.5, 0.6) is 0 Å². The zero-order valence-electron chi connectivity index (χ0n) is 9.08. The van der Waals surface area contributed by atoms with Crippen LogP contribution in [-0.4, -0.2) is 16.0 Å². The third kappa shape index (κ3) is 5.18. The Morgan fingerprint density at radius 2 is 2.19 bits per heavy atom. The molecule has 2 N–H and O–H groups in total. The molecule has 2 atom stereocenters. The molecule has 1 aromatic carbocycles. The third-order valence-corrected chi connectivity index (χ3v) is 3.86. The SMILES string of the molecule is CC(N)CCS(=O)Cc1cc(F)cc(Br)c1. The first-order chi connectivity index (χ1) is 7.47. The van der Waals surface area contributed by atoms with E-state index in [0.717, 1.165) is 12.0 Å². The minimum absolute atomic E-state index is 0.0585. The van der Waals surface area contributed by atoms with Crippen LogP contribution in [0.15, 0.2) is 22.7 Å². The van der Waals surface area contributed by atoms with Gasteiger partial charge in [0.2, 0.25) is 0 Å². The smallest absolute Gasteiger partial charge is 0.124 e. The molecule has 0 spiro atoms. The highest BCUT2D eigenvalue weighted by molar-refractivity contribution is 9.10. The number of rotatable bonds is 5. The molecule has 0 amide bonds. The minimum Gasteiger partial charge on any atom is -0.328 e. The number of halogens is 2. The zero-order valence-corrected chi connectivity index (χ0v) is 11.5. The average molecular weight is 308 g/mol. The van der Waals surface area contributed by atoms with Crippen LogP contribution < -0.4 is 5.73 Å². The highest BCUT2D eigenvalue weighted by atomic mass is 79.9. The molecule has 0 aliphatic carbocycles. The number of hydrogen-bond acceptors (Lipinski definition) is 2. The van der Waals surface area contributed by atoms with Crippen molar-refractivity contribution in [2.24, 2.45) is 5.73 Å². The van der Waals surface area contributed by atoms with E-state index in [4.69, 9.17) is 5.73 Å². The van der Waals surface area contributed by atoms with Gasteiger partial charge in [0.05, 0.1) is 0 Å². The van der Waals surface area contributed by atoms with E-state index in [2.05, 4.69) is 15.9 Å². The standard InChI is InChI=1S/C11H15BrFNOS/c1-8(14)2-3-16(15)7-9-4-10(12)6-11(13)5-9/h4-6,8H,2-3,7,14H2,1H3. The molecule has 2 nitrogen and oxygen atoms in total. The molecule has 16 heavy (non-hydrogen) atoms. The lowest BCUT2D eigenvalue weighted by molar-refractivity contribution is 0.625. The van der Waals surface area contributed by atoms with E-state index in [9.17, 15) is 8.60 Å². The summed E-state index contributed by atoms with van der Waals surface area (Å²) < 4.78 is 25.4. The molecule has 0 fully saturated rings. The van der Waals surface area contributed by atoms with Gasteiger partial charge >= 0.3 is 0 Å². The molecule has 0 saturated carbocycles. The van der Waals surface area contributed by atoms with Crippen molar-refractivity contribution in [2.45, 2.75) is 25.1 Å². The summed E-state index contributed by atoms with van der Waals surface area (Å²) in [6.07, 6.45) is 0.725. The van der Waals surface area contributed by atoms with Crippen molar-refractivity contribution in [3.05, 3.63) is 34.1 Å². The van der Waals surface area contributed by atoms with E-state index in [1.165, 1.54) is 12.1 Å². The molecule has 0 bridgehead atoms. The van der Waals surface area contributed by atoms with Gasteiger partial charge in [0.25, 0.3) is 0 Å². The predicted molar refractivity (Wildman–Crippen MR) is 69.1 cm³/mol. The van der Waals surface area contributed by atoms with Crippen LogP contribution in [0.4, 0.5) is 4.39 Å². The summed E-state index contributed by atoms with van der Waals surface area (Å²) in [5, 5.41) is 0. The maximum atomic E-state index is 13.0. The Kier molecular flexibility index (Phi) is 5.58. The monoisotopic (exact) mass is 307 g/mol. The summed E-state index contributed by atoms with van der Waals surface area (Å²) in [5.41, 5.74) is 6.33. The van der Waals surface area contributed by atoms with Gasteiger partial charge in [-0.25, -0.2) is 4.39 Å². The molecule has 1 aromatic rings. The van der Waals surface area contributed by atoms with E-state index >= 15 is 0 Å². The molecule has 5 heteroatoms. The van der Waals surface area contributed by atoms with Gasteiger partial charge in [-0.2, -0.15) is 0 Å². The van der Waals surface area contributed by atoms with Crippen molar-refractivity contribution in [1.82, 2.24) is 0 Å². The van der Waals surface area contributed by atoms with Crippen LogP contribution in [0.25, 0.3) is 0 Å². The summed E-state index contributed by atoms with van der Waals surface area (Å²) >= 11 is 3.21. The third-order valence-electron chi connectivity index (χ3n) is 2.05. The molecular formula is C11H15BrFNOS. The quantitative estimate of drug-likeness (QED) is 0.908. The lowest BCUT2D eigenvalue weighted by Crippen LogP contribution is -2.18. The van der Waals surface area contributed by atoms with Gasteiger partial charge in [0, 0.05) is 32.8 Å². The molecule has 0 radical (unpaired) electrons. The first-order valence-corrected chi connectivity index (χ1v) is 7.31. The Hall–Kier alpha value is -0.260. The van der Waals surface area contributed by atoms with Gasteiger partial charge in [-0.15, -0.1) is 0 Å². The number of benzene rings is 1. The summed E-state index contributed by atoms with van der Waals surface area (Å²) in [7, 11) is -0.976. The molecule has 0 aliphatic rings. The lowest BCUT2D eigenvalue weighted by Gasteiger charge is -2.06. The molecule has 0 aliphatic heterocycles. The van der Waals surface area contributed by atoms with E-state index in [-0.39, 0.29) is 11.9 Å². The van der Waals surface area contributed by atoms with Crippen LogP contribution in [0.2, 0.25) is 0 Å². The first-order valence-electron chi connectivity index (χ1n) is 5.03. The number of nitrogens with two attached hydrogens (primary N) is 1. The second-order valence-corrected chi connectivity index (χ2v) is 6.32. The highest BCUT2D eigenvalue weighted by Crippen LogP contribution is 2.16. The largest absolute Gasteiger partial charge is 0.328 e. The topological polar surface area (TPSA) is 43.1 Å². The fourth-order valence-electron chi connectivity index (χ4n) is 1.27. The van der Waals surface area contributed by atoms with E-state index in [0.29, 0.717) is 16.0 Å². The maximum absolute atomic E-state index is 13.0. The Balaban J connectivity index is 2.56. The molecule has 1 rings (SSSR count). The molecule has 0 saturated heterocycles. The van der Waals surface area contributed by atoms with Gasteiger partial charge in [-0.1, -0.05) is 15.9 Å². The highest BCUT2D eigenvalue weighted by Gasteiger charge is 2.05. The Bertz CT molecular complexity index is 364. The molecule has 90 valence electrons. The minimum atomic E-state index is -0.976. The summed E-state index contributed by atoms with van der Waals surface area (Å²) in [6, 6.07) is 4.64. The zero-order chi connectivity index (χ0) is 12.1. The fraction of sp³-hybridized carbons (Fsp3) is 0.455. The predicted octanol–water partition coefficient (Wildman–Crippen LogP) is 2.57. The van der Waals surface area contributed by atoms with E-state index < -0.39 is 10.8 Å². The van der Waals surface area contributed by atoms with Gasteiger partial charge in [-0.3, -0.25) is 4.21 Å². The van der Waals surface area contributed by atoms with Gasteiger partial charge < -0.3 is 5.73 Å². The van der Waals surface area contributed by atoms with E-state index in [1.807, 2.05) is 6.92 Å². The second-order valence-electron chi connectivity index (χ2n) is 3.83. The van der Waals surface area contributed by atoms with Crippen LogP contribution in [0, 0.1) is 5.82 Å². The van der Waals surface area contributed by atoms with Crippen molar-refractivity contribution < 1.29 is 8.60 Å². The summed E-state index contributed by atoms with van der Waals surface area (Å²) in [5.74, 6) is 0.628. The van der Waals surface area contributed by atoms with Crippen molar-refractivity contribution >= 4 is 26.7 Å². The van der Waals surface area contributed by atoms with Crippen molar-refractivity contribution in [3.63, 3.8) is 0 Å². The van der Waals surface area contributed by atoms with Crippen molar-refractivity contribution in [2.75, 3.05) is 5.75 Å². The van der Waals surface area contributed by atoms with Crippen LogP contribution in [-0.2, 0) is 16.6 Å². The van der Waals surface area contributed by atoms with Crippen LogP contribution in [0.3, 0.4) is 0 Å². The summed E-state index contributed by atoms with van der Waals surface area (Å²) in [4.78, 5) is 0. The Morgan fingerprint density at radius 1 is 1.50 bits per heavy atom. The Morgan fingerprint density at radius 3 is 2.75 bits per heavy atom. The van der Waals surface area contributed by atoms with Crippen LogP contribution in [0.1, 0.15) is 18.9 Å². The average Bonchev–Trinajstić information content (AvgIpc) is 2.12. The van der Waals surface area contributed by atoms with Crippen LogP contribution >= 0.6 is 15.9 Å². The normalized spacial score (nSPS) is 14.8. The molecule has 0 heterocycles. The Labute approximate surface area is 106 Å². The summed E-state index contributed by atoms with van der Waals surface area (Å²) in [6.45, 7) is 1.88. The van der Waals surface area contributed by atoms with Gasteiger partial charge in [-0.05, 0) is 37.1 Å².